The van der Waals surface area contributed by atoms with Crippen LogP contribution in [0.5, 0.6) is 0 Å². The second kappa shape index (κ2) is 5.19. The van der Waals surface area contributed by atoms with Gasteiger partial charge in [0.2, 0.25) is 0 Å². The number of hydrogen-bond acceptors (Lipinski definition) is 3. The number of hydrogen-bond donors (Lipinski definition) is 0. The summed E-state index contributed by atoms with van der Waals surface area (Å²) in [5.74, 6) is -0.507. The van der Waals surface area contributed by atoms with E-state index in [1.807, 2.05) is 11.6 Å². The van der Waals surface area contributed by atoms with Crippen LogP contribution in [-0.4, -0.2) is 23.6 Å². The van der Waals surface area contributed by atoms with Crippen LogP contribution in [0.25, 0.3) is 0 Å². The monoisotopic (exact) mass is 275 g/mol. The molecular formula is C15H14FNO3. The van der Waals surface area contributed by atoms with Crippen LogP contribution in [0.2, 0.25) is 0 Å². The average Bonchev–Trinajstić information content (AvgIpc) is 3.07. The highest BCUT2D eigenvalue weighted by Crippen LogP contribution is 2.25. The van der Waals surface area contributed by atoms with Crippen molar-refractivity contribution in [2.75, 3.05) is 13.2 Å². The van der Waals surface area contributed by atoms with E-state index in [2.05, 4.69) is 0 Å². The zero-order chi connectivity index (χ0) is 14.1. The summed E-state index contributed by atoms with van der Waals surface area (Å²) in [6, 6.07) is 7.27. The first-order valence-corrected chi connectivity index (χ1v) is 6.35. The summed E-state index contributed by atoms with van der Waals surface area (Å²) in [5.41, 5.74) is 1.79. The third-order valence-corrected chi connectivity index (χ3v) is 3.28. The molecule has 4 nitrogen and oxygen atoms in total. The summed E-state index contributed by atoms with van der Waals surface area (Å²) in [5, 5.41) is 0. The minimum absolute atomic E-state index is 0.148. The highest BCUT2D eigenvalue weighted by Gasteiger charge is 2.23. The summed E-state index contributed by atoms with van der Waals surface area (Å²) < 4.78 is 25.5. The van der Waals surface area contributed by atoms with E-state index in [4.69, 9.17) is 9.47 Å². The van der Waals surface area contributed by atoms with Gasteiger partial charge in [0.15, 0.2) is 12.1 Å². The predicted molar refractivity (Wildman–Crippen MR) is 69.9 cm³/mol. The fourth-order valence-corrected chi connectivity index (χ4v) is 2.24. The van der Waals surface area contributed by atoms with Gasteiger partial charge in [-0.2, -0.15) is 0 Å². The Morgan fingerprint density at radius 2 is 1.85 bits per heavy atom. The van der Waals surface area contributed by atoms with Crippen LogP contribution in [0.3, 0.4) is 0 Å². The van der Waals surface area contributed by atoms with Crippen molar-refractivity contribution in [2.24, 2.45) is 7.05 Å². The number of carbonyl (C=O) groups excluding carboxylic acids is 1. The van der Waals surface area contributed by atoms with Gasteiger partial charge in [-0.1, -0.05) is 0 Å². The molecule has 1 aromatic heterocycles. The van der Waals surface area contributed by atoms with Crippen molar-refractivity contribution in [2.45, 2.75) is 6.29 Å². The van der Waals surface area contributed by atoms with Gasteiger partial charge in [0.25, 0.3) is 0 Å². The predicted octanol–water partition coefficient (Wildman–Crippen LogP) is 2.44. The van der Waals surface area contributed by atoms with Crippen LogP contribution < -0.4 is 0 Å². The molecule has 1 aromatic carbocycles. The van der Waals surface area contributed by atoms with Crippen molar-refractivity contribution in [3.05, 3.63) is 59.2 Å². The quantitative estimate of drug-likeness (QED) is 0.808. The highest BCUT2D eigenvalue weighted by atomic mass is 19.1. The smallest absolute Gasteiger partial charge is 0.199 e. The number of nitrogens with zero attached hydrogens (tertiary/aromatic N) is 1. The van der Waals surface area contributed by atoms with Crippen LogP contribution in [0.4, 0.5) is 4.39 Å². The van der Waals surface area contributed by atoms with Crippen molar-refractivity contribution in [1.29, 1.82) is 0 Å². The summed E-state index contributed by atoms with van der Waals surface area (Å²) in [4.78, 5) is 12.3. The maximum absolute atomic E-state index is 12.9. The van der Waals surface area contributed by atoms with E-state index in [0.29, 0.717) is 24.3 Å². The molecule has 0 spiro atoms. The lowest BCUT2D eigenvalue weighted by Crippen LogP contribution is -2.03. The van der Waals surface area contributed by atoms with E-state index >= 15 is 0 Å². The first-order chi connectivity index (χ1) is 9.65. The Bertz CT molecular complexity index is 627. The molecule has 0 bridgehead atoms. The van der Waals surface area contributed by atoms with Crippen molar-refractivity contribution in [3.8, 4) is 0 Å². The zero-order valence-electron chi connectivity index (χ0n) is 11.0. The topological polar surface area (TPSA) is 40.5 Å². The molecule has 1 aliphatic rings. The fourth-order valence-electron chi connectivity index (χ4n) is 2.24. The van der Waals surface area contributed by atoms with Gasteiger partial charge in [0, 0.05) is 24.4 Å². The van der Waals surface area contributed by atoms with Crippen LogP contribution in [-0.2, 0) is 16.5 Å². The molecule has 0 amide bonds. The van der Waals surface area contributed by atoms with E-state index in [0.717, 1.165) is 5.69 Å². The lowest BCUT2D eigenvalue weighted by Gasteiger charge is -2.09. The van der Waals surface area contributed by atoms with Gasteiger partial charge in [0.1, 0.15) is 5.82 Å². The molecular weight excluding hydrogens is 261 g/mol. The lowest BCUT2D eigenvalue weighted by atomic mass is 10.1. The number of benzene rings is 1. The Morgan fingerprint density at radius 1 is 1.20 bits per heavy atom. The van der Waals surface area contributed by atoms with Crippen LogP contribution in [0, 0.1) is 5.82 Å². The summed E-state index contributed by atoms with van der Waals surface area (Å²) >= 11 is 0. The normalized spacial score (nSPS) is 15.7. The van der Waals surface area contributed by atoms with E-state index < -0.39 is 6.29 Å². The molecule has 5 heteroatoms. The number of aryl methyl sites for hydroxylation is 1. The SMILES string of the molecule is Cn1cc(C(=O)c2ccc(F)cc2)cc1C1OCCO1. The molecule has 2 aromatic rings. The number of rotatable bonds is 3. The number of ketones is 1. The highest BCUT2D eigenvalue weighted by molar-refractivity contribution is 6.09. The number of ether oxygens (including phenoxy) is 2. The Morgan fingerprint density at radius 3 is 2.50 bits per heavy atom. The van der Waals surface area contributed by atoms with Crippen LogP contribution in [0.1, 0.15) is 27.9 Å². The third-order valence-electron chi connectivity index (χ3n) is 3.28. The molecule has 1 saturated heterocycles. The molecule has 2 heterocycles. The molecule has 104 valence electrons. The van der Waals surface area contributed by atoms with Crippen LogP contribution in [0.15, 0.2) is 36.5 Å². The van der Waals surface area contributed by atoms with Gasteiger partial charge in [0.05, 0.1) is 18.9 Å². The molecule has 0 aliphatic carbocycles. The molecule has 0 atom stereocenters. The summed E-state index contributed by atoms with van der Waals surface area (Å²) in [6.45, 7) is 1.11. The standard InChI is InChI=1S/C15H14FNO3/c1-17-9-11(8-13(17)15-19-6-7-20-15)14(18)10-2-4-12(16)5-3-10/h2-5,8-9,15H,6-7H2,1H3. The summed E-state index contributed by atoms with van der Waals surface area (Å²) in [7, 11) is 1.84. The second-order valence-corrected chi connectivity index (χ2v) is 4.67. The van der Waals surface area contributed by atoms with Gasteiger partial charge in [-0.15, -0.1) is 0 Å². The fraction of sp³-hybridized carbons (Fsp3) is 0.267. The average molecular weight is 275 g/mol. The maximum atomic E-state index is 12.9. The Balaban J connectivity index is 1.88. The van der Waals surface area contributed by atoms with Gasteiger partial charge < -0.3 is 14.0 Å². The van der Waals surface area contributed by atoms with E-state index in [1.54, 1.807) is 12.3 Å². The van der Waals surface area contributed by atoms with Crippen molar-refractivity contribution < 1.29 is 18.7 Å². The van der Waals surface area contributed by atoms with Gasteiger partial charge >= 0.3 is 0 Å². The maximum Gasteiger partial charge on any atom is 0.199 e. The Labute approximate surface area is 115 Å². The lowest BCUT2D eigenvalue weighted by molar-refractivity contribution is -0.0491. The third kappa shape index (κ3) is 2.37. The van der Waals surface area contributed by atoms with E-state index in [9.17, 15) is 9.18 Å². The largest absolute Gasteiger partial charge is 0.349 e. The molecule has 0 N–H and O–H groups in total. The van der Waals surface area contributed by atoms with Gasteiger partial charge in [-0.25, -0.2) is 4.39 Å². The van der Waals surface area contributed by atoms with Gasteiger partial charge in [-0.05, 0) is 30.3 Å². The minimum Gasteiger partial charge on any atom is -0.349 e. The van der Waals surface area contributed by atoms with Crippen molar-refractivity contribution in [1.82, 2.24) is 4.57 Å². The van der Waals surface area contributed by atoms with Crippen LogP contribution >= 0.6 is 0 Å². The molecule has 3 rings (SSSR count). The number of carbonyl (C=O) groups is 1. The Hall–Kier alpha value is -1.98. The van der Waals surface area contributed by atoms with Crippen molar-refractivity contribution in [3.63, 3.8) is 0 Å². The Kier molecular flexibility index (Phi) is 3.38. The molecule has 1 fully saturated rings. The molecule has 20 heavy (non-hydrogen) atoms. The first-order valence-electron chi connectivity index (χ1n) is 6.35. The molecule has 1 aliphatic heterocycles. The molecule has 0 radical (unpaired) electrons. The van der Waals surface area contributed by atoms with Gasteiger partial charge in [-0.3, -0.25) is 4.79 Å². The number of halogens is 1. The van der Waals surface area contributed by atoms with E-state index in [1.165, 1.54) is 24.3 Å². The minimum atomic E-state index is -0.422. The number of aromatic nitrogens is 1. The molecule has 0 unspecified atom stereocenters. The zero-order valence-corrected chi connectivity index (χ0v) is 11.0. The summed E-state index contributed by atoms with van der Waals surface area (Å²) in [6.07, 6.45) is 1.31. The van der Waals surface area contributed by atoms with E-state index in [-0.39, 0.29) is 11.6 Å². The second-order valence-electron chi connectivity index (χ2n) is 4.67. The molecule has 0 saturated carbocycles. The first kappa shape index (κ1) is 13.0. The van der Waals surface area contributed by atoms with Crippen molar-refractivity contribution >= 4 is 5.78 Å².